The molecule has 5 rings (SSSR count). The standard InChI is InChI=1S/C30H26Cl2N2O3/c1-2-20-8-11-24(33-19-20)14-15-36-26-12-9-21(10-13-26)28-29(37-27-6-4-3-5-7-27)30(35)34(28)25-17-22(31)16-23(32)18-25/h3-13,16-19,28-29H,2,14-15H2,1H3. The van der Waals surface area contributed by atoms with Crippen molar-refractivity contribution in [2.75, 3.05) is 11.5 Å². The van der Waals surface area contributed by atoms with Crippen molar-refractivity contribution >= 4 is 34.8 Å². The number of β-lactam (4-membered cyclic amide) rings is 1. The number of hydrogen-bond donors (Lipinski definition) is 0. The zero-order valence-corrected chi connectivity index (χ0v) is 21.8. The van der Waals surface area contributed by atoms with Gasteiger partial charge >= 0.3 is 0 Å². The summed E-state index contributed by atoms with van der Waals surface area (Å²) >= 11 is 12.5. The summed E-state index contributed by atoms with van der Waals surface area (Å²) < 4.78 is 12.1. The van der Waals surface area contributed by atoms with E-state index in [1.165, 1.54) is 5.56 Å². The molecule has 0 spiro atoms. The fourth-order valence-electron chi connectivity index (χ4n) is 4.36. The van der Waals surface area contributed by atoms with Crippen LogP contribution in [0.1, 0.15) is 29.8 Å². The van der Waals surface area contributed by atoms with Crippen LogP contribution in [0.5, 0.6) is 11.5 Å². The molecule has 4 aromatic rings. The van der Waals surface area contributed by atoms with E-state index in [2.05, 4.69) is 18.0 Å². The predicted octanol–water partition coefficient (Wildman–Crippen LogP) is 7.11. The Balaban J connectivity index is 1.32. The Kier molecular flexibility index (Phi) is 7.63. The molecule has 1 fully saturated rings. The Morgan fingerprint density at radius 1 is 0.892 bits per heavy atom. The first-order valence-corrected chi connectivity index (χ1v) is 12.9. The van der Waals surface area contributed by atoms with Crippen LogP contribution in [-0.2, 0) is 17.6 Å². The minimum absolute atomic E-state index is 0.158. The number of para-hydroxylation sites is 1. The number of carbonyl (C=O) groups excluding carboxylic acids is 1. The number of pyridine rings is 1. The quantitative estimate of drug-likeness (QED) is 0.215. The first-order valence-electron chi connectivity index (χ1n) is 12.2. The van der Waals surface area contributed by atoms with Crippen LogP contribution >= 0.6 is 23.2 Å². The predicted molar refractivity (Wildman–Crippen MR) is 147 cm³/mol. The third-order valence-electron chi connectivity index (χ3n) is 6.32. The Morgan fingerprint density at radius 2 is 1.62 bits per heavy atom. The number of amides is 1. The maximum absolute atomic E-state index is 13.2. The van der Waals surface area contributed by atoms with Crippen molar-refractivity contribution in [3.63, 3.8) is 0 Å². The third-order valence-corrected chi connectivity index (χ3v) is 6.76. The molecule has 0 radical (unpaired) electrons. The van der Waals surface area contributed by atoms with Crippen molar-refractivity contribution in [1.82, 2.24) is 4.98 Å². The van der Waals surface area contributed by atoms with E-state index in [1.807, 2.05) is 66.9 Å². The normalized spacial score (nSPS) is 16.8. The minimum Gasteiger partial charge on any atom is -0.493 e. The molecule has 188 valence electrons. The molecule has 0 bridgehead atoms. The monoisotopic (exact) mass is 532 g/mol. The Labute approximate surface area is 226 Å². The van der Waals surface area contributed by atoms with Gasteiger partial charge in [-0.3, -0.25) is 14.7 Å². The van der Waals surface area contributed by atoms with Crippen molar-refractivity contribution < 1.29 is 14.3 Å². The number of nitrogens with zero attached hydrogens (tertiary/aromatic N) is 2. The third kappa shape index (κ3) is 5.74. The molecule has 2 unspecified atom stereocenters. The molecular formula is C30H26Cl2N2O3. The number of ether oxygens (including phenoxy) is 2. The van der Waals surface area contributed by atoms with Gasteiger partial charge in [-0.15, -0.1) is 0 Å². The number of aryl methyl sites for hydroxylation is 1. The molecule has 0 aliphatic carbocycles. The lowest BCUT2D eigenvalue weighted by Crippen LogP contribution is -2.61. The zero-order chi connectivity index (χ0) is 25.8. The van der Waals surface area contributed by atoms with Crippen molar-refractivity contribution in [3.05, 3.63) is 118 Å². The number of halogens is 2. The van der Waals surface area contributed by atoms with Gasteiger partial charge in [-0.05, 0) is 66.1 Å². The molecule has 3 aromatic carbocycles. The molecule has 2 atom stereocenters. The SMILES string of the molecule is CCc1ccc(CCOc2ccc(C3C(Oc4ccccc4)C(=O)N3c3cc(Cl)cc(Cl)c3)cc2)nc1. The highest BCUT2D eigenvalue weighted by molar-refractivity contribution is 6.35. The highest BCUT2D eigenvalue weighted by atomic mass is 35.5. The van der Waals surface area contributed by atoms with Gasteiger partial charge in [0, 0.05) is 34.0 Å². The molecule has 7 heteroatoms. The second-order valence-corrected chi connectivity index (χ2v) is 9.68. The first kappa shape index (κ1) is 25.1. The number of rotatable bonds is 9. The largest absolute Gasteiger partial charge is 0.493 e. The smallest absolute Gasteiger partial charge is 0.271 e. The molecule has 1 aromatic heterocycles. The van der Waals surface area contributed by atoms with Crippen LogP contribution in [0, 0.1) is 0 Å². The number of benzene rings is 3. The maximum atomic E-state index is 13.2. The summed E-state index contributed by atoms with van der Waals surface area (Å²) in [7, 11) is 0. The fraction of sp³-hybridized carbons (Fsp3) is 0.200. The highest BCUT2D eigenvalue weighted by Crippen LogP contribution is 2.43. The van der Waals surface area contributed by atoms with Crippen molar-refractivity contribution in [1.29, 1.82) is 0 Å². The van der Waals surface area contributed by atoms with E-state index < -0.39 is 6.10 Å². The fourth-order valence-corrected chi connectivity index (χ4v) is 4.87. The van der Waals surface area contributed by atoms with Crippen molar-refractivity contribution in [2.45, 2.75) is 31.9 Å². The Morgan fingerprint density at radius 3 is 2.27 bits per heavy atom. The van der Waals surface area contributed by atoms with Gasteiger partial charge < -0.3 is 9.47 Å². The number of aromatic nitrogens is 1. The van der Waals surface area contributed by atoms with Crippen molar-refractivity contribution in [3.8, 4) is 11.5 Å². The van der Waals surface area contributed by atoms with Gasteiger partial charge in [-0.25, -0.2) is 0 Å². The van der Waals surface area contributed by atoms with Crippen LogP contribution in [0.15, 0.2) is 91.1 Å². The van der Waals surface area contributed by atoms with Crippen LogP contribution < -0.4 is 14.4 Å². The van der Waals surface area contributed by atoms with Crippen LogP contribution in [0.2, 0.25) is 10.0 Å². The van der Waals surface area contributed by atoms with Gasteiger partial charge in [0.25, 0.3) is 5.91 Å². The zero-order valence-electron chi connectivity index (χ0n) is 20.3. The lowest BCUT2D eigenvalue weighted by Gasteiger charge is -2.46. The van der Waals surface area contributed by atoms with E-state index in [0.717, 1.165) is 29.8 Å². The molecule has 1 saturated heterocycles. The molecule has 0 saturated carbocycles. The molecule has 1 amide bonds. The van der Waals surface area contributed by atoms with E-state index in [-0.39, 0.29) is 11.9 Å². The van der Waals surface area contributed by atoms with E-state index in [9.17, 15) is 4.79 Å². The van der Waals surface area contributed by atoms with Gasteiger partial charge in [-0.2, -0.15) is 0 Å². The summed E-state index contributed by atoms with van der Waals surface area (Å²) in [6.45, 7) is 2.63. The lowest BCUT2D eigenvalue weighted by molar-refractivity contribution is -0.135. The van der Waals surface area contributed by atoms with Gasteiger partial charge in [-0.1, -0.05) is 66.5 Å². The molecule has 37 heavy (non-hydrogen) atoms. The van der Waals surface area contributed by atoms with Crippen LogP contribution in [0.4, 0.5) is 5.69 Å². The molecule has 5 nitrogen and oxygen atoms in total. The Bertz CT molecular complexity index is 1340. The van der Waals surface area contributed by atoms with Crippen LogP contribution in [0.3, 0.4) is 0 Å². The summed E-state index contributed by atoms with van der Waals surface area (Å²) in [6, 6.07) is 26.0. The van der Waals surface area contributed by atoms with E-state index in [0.29, 0.717) is 28.1 Å². The second-order valence-electron chi connectivity index (χ2n) is 8.81. The van der Waals surface area contributed by atoms with Crippen LogP contribution in [0.25, 0.3) is 0 Å². The maximum Gasteiger partial charge on any atom is 0.271 e. The second kappa shape index (κ2) is 11.2. The molecule has 1 aliphatic rings. The number of anilines is 1. The van der Waals surface area contributed by atoms with Crippen LogP contribution in [-0.4, -0.2) is 23.6 Å². The average molecular weight is 533 g/mol. The van der Waals surface area contributed by atoms with Gasteiger partial charge in [0.15, 0.2) is 0 Å². The highest BCUT2D eigenvalue weighted by Gasteiger charge is 2.51. The lowest BCUT2D eigenvalue weighted by atomic mass is 9.89. The molecule has 0 N–H and O–H groups in total. The summed E-state index contributed by atoms with van der Waals surface area (Å²) in [5, 5.41) is 0.924. The first-order chi connectivity index (χ1) is 18.0. The van der Waals surface area contributed by atoms with E-state index >= 15 is 0 Å². The van der Waals surface area contributed by atoms with Crippen molar-refractivity contribution in [2.24, 2.45) is 0 Å². The Hall–Kier alpha value is -3.54. The molecule has 2 heterocycles. The van der Waals surface area contributed by atoms with E-state index in [1.54, 1.807) is 23.1 Å². The molecular weight excluding hydrogens is 507 g/mol. The van der Waals surface area contributed by atoms with E-state index in [4.69, 9.17) is 32.7 Å². The number of carbonyl (C=O) groups is 1. The summed E-state index contributed by atoms with van der Waals surface area (Å²) in [5.74, 6) is 1.22. The molecule has 1 aliphatic heterocycles. The average Bonchev–Trinajstić information content (AvgIpc) is 2.91. The van der Waals surface area contributed by atoms with Gasteiger partial charge in [0.05, 0.1) is 6.61 Å². The van der Waals surface area contributed by atoms with Gasteiger partial charge in [0.1, 0.15) is 17.5 Å². The number of hydrogen-bond acceptors (Lipinski definition) is 4. The summed E-state index contributed by atoms with van der Waals surface area (Å²) in [6.07, 6.45) is 2.93. The summed E-state index contributed by atoms with van der Waals surface area (Å²) in [4.78, 5) is 19.4. The van der Waals surface area contributed by atoms with Gasteiger partial charge in [0.2, 0.25) is 6.10 Å². The topological polar surface area (TPSA) is 51.7 Å². The summed E-state index contributed by atoms with van der Waals surface area (Å²) in [5.41, 5.74) is 3.76. The minimum atomic E-state index is -0.677.